The molecule has 0 amide bonds. The third-order valence-electron chi connectivity index (χ3n) is 2.12. The van der Waals surface area contributed by atoms with E-state index < -0.39 is 5.97 Å². The van der Waals surface area contributed by atoms with Gasteiger partial charge in [-0.1, -0.05) is 0 Å². The Morgan fingerprint density at radius 3 is 3.00 bits per heavy atom. The zero-order valence-corrected chi connectivity index (χ0v) is 9.48. The summed E-state index contributed by atoms with van der Waals surface area (Å²) in [6.45, 7) is 0. The number of pyridine rings is 1. The maximum absolute atomic E-state index is 11.3. The minimum atomic E-state index is -0.549. The average molecular weight is 270 g/mol. The normalized spacial score (nSPS) is 10.5. The van der Waals surface area contributed by atoms with Crippen LogP contribution < -0.4 is 0 Å². The first-order valence-corrected chi connectivity index (χ1v) is 5.00. The summed E-state index contributed by atoms with van der Waals surface area (Å²) in [6.07, 6.45) is 3.47. The summed E-state index contributed by atoms with van der Waals surface area (Å²) in [5.74, 6) is -0.623. The lowest BCUT2D eigenvalue weighted by molar-refractivity contribution is 0.0597. The summed E-state index contributed by atoms with van der Waals surface area (Å²) in [6, 6.07) is 3.24. The molecule has 2 rings (SSSR count). The second kappa shape index (κ2) is 3.58. The number of methoxy groups -OCH3 is 1. The van der Waals surface area contributed by atoms with E-state index in [0.717, 1.165) is 4.47 Å². The van der Waals surface area contributed by atoms with Gasteiger partial charge < -0.3 is 14.2 Å². The predicted molar refractivity (Wildman–Crippen MR) is 58.1 cm³/mol. The number of nitrogens with zero attached hydrogens (tertiary/aromatic N) is 1. The number of rotatable bonds is 1. The number of aromatic hydroxyl groups is 1. The number of ether oxygens (including phenoxy) is 1. The molecule has 0 spiro atoms. The molecule has 0 radical (unpaired) electrons. The number of aromatic nitrogens is 1. The average Bonchev–Trinajstić information content (AvgIpc) is 2.59. The van der Waals surface area contributed by atoms with E-state index in [-0.39, 0.29) is 11.3 Å². The molecule has 0 fully saturated rings. The molecular formula is C10H8BrNO3. The predicted octanol–water partition coefficient (Wildman–Crippen LogP) is 2.19. The lowest BCUT2D eigenvalue weighted by Crippen LogP contribution is -2.02. The Morgan fingerprint density at radius 1 is 1.60 bits per heavy atom. The summed E-state index contributed by atoms with van der Waals surface area (Å²) in [5.41, 5.74) is 0.723. The van der Waals surface area contributed by atoms with Gasteiger partial charge >= 0.3 is 5.97 Å². The lowest BCUT2D eigenvalue weighted by Gasteiger charge is -2.04. The van der Waals surface area contributed by atoms with Gasteiger partial charge in [0.05, 0.1) is 12.6 Å². The maximum atomic E-state index is 11.3. The molecule has 4 nitrogen and oxygen atoms in total. The Balaban J connectivity index is 2.69. The number of carbonyl (C=O) groups is 1. The van der Waals surface area contributed by atoms with Crippen LogP contribution in [0.25, 0.3) is 5.52 Å². The largest absolute Gasteiger partial charge is 0.505 e. The zero-order valence-electron chi connectivity index (χ0n) is 7.90. The third-order valence-corrected chi connectivity index (χ3v) is 2.55. The van der Waals surface area contributed by atoms with Gasteiger partial charge in [-0.2, -0.15) is 0 Å². The summed E-state index contributed by atoms with van der Waals surface area (Å²) < 4.78 is 7.10. The SMILES string of the molecule is COC(=O)c1ccn2cc(Br)cc2c1O. The van der Waals surface area contributed by atoms with Gasteiger partial charge in [0.2, 0.25) is 0 Å². The van der Waals surface area contributed by atoms with E-state index in [0.29, 0.717) is 5.52 Å². The molecule has 0 saturated carbocycles. The van der Waals surface area contributed by atoms with Gasteiger partial charge in [-0.3, -0.25) is 0 Å². The molecule has 0 saturated heterocycles. The van der Waals surface area contributed by atoms with E-state index in [1.807, 2.05) is 0 Å². The van der Waals surface area contributed by atoms with E-state index in [2.05, 4.69) is 20.7 Å². The maximum Gasteiger partial charge on any atom is 0.341 e. The number of hydrogen-bond acceptors (Lipinski definition) is 3. The van der Waals surface area contributed by atoms with Gasteiger partial charge in [-0.15, -0.1) is 0 Å². The summed E-state index contributed by atoms with van der Waals surface area (Å²) in [7, 11) is 1.28. The fourth-order valence-electron chi connectivity index (χ4n) is 1.41. The monoisotopic (exact) mass is 269 g/mol. The van der Waals surface area contributed by atoms with E-state index in [1.165, 1.54) is 13.2 Å². The number of esters is 1. The van der Waals surface area contributed by atoms with Gasteiger partial charge in [0, 0.05) is 16.9 Å². The van der Waals surface area contributed by atoms with Crippen LogP contribution in [0.4, 0.5) is 0 Å². The molecule has 2 heterocycles. The van der Waals surface area contributed by atoms with E-state index >= 15 is 0 Å². The Bertz CT molecular complexity index is 533. The minimum absolute atomic E-state index is 0.0740. The van der Waals surface area contributed by atoms with Gasteiger partial charge in [0.1, 0.15) is 5.56 Å². The van der Waals surface area contributed by atoms with Crippen molar-refractivity contribution < 1.29 is 14.6 Å². The molecule has 15 heavy (non-hydrogen) atoms. The van der Waals surface area contributed by atoms with Crippen LogP contribution in [0.1, 0.15) is 10.4 Å². The zero-order chi connectivity index (χ0) is 11.0. The van der Waals surface area contributed by atoms with Gasteiger partial charge in [-0.05, 0) is 28.1 Å². The lowest BCUT2D eigenvalue weighted by atomic mass is 10.2. The molecule has 2 aromatic rings. The molecule has 78 valence electrons. The third kappa shape index (κ3) is 1.59. The van der Waals surface area contributed by atoms with Crippen LogP contribution in [0.5, 0.6) is 5.75 Å². The molecule has 0 unspecified atom stereocenters. The fraction of sp³-hybridized carbons (Fsp3) is 0.100. The fourth-order valence-corrected chi connectivity index (χ4v) is 1.84. The Labute approximate surface area is 94.2 Å². The molecular weight excluding hydrogens is 262 g/mol. The Kier molecular flexibility index (Phi) is 2.40. The molecule has 0 bridgehead atoms. The highest BCUT2D eigenvalue weighted by molar-refractivity contribution is 9.10. The highest BCUT2D eigenvalue weighted by Crippen LogP contribution is 2.27. The van der Waals surface area contributed by atoms with Crippen molar-refractivity contribution in [2.45, 2.75) is 0 Å². The quantitative estimate of drug-likeness (QED) is 0.808. The number of fused-ring (bicyclic) bond motifs is 1. The van der Waals surface area contributed by atoms with Crippen LogP contribution in [0.15, 0.2) is 29.0 Å². The molecule has 2 aromatic heterocycles. The molecule has 0 aromatic carbocycles. The second-order valence-electron chi connectivity index (χ2n) is 3.02. The molecule has 0 aliphatic rings. The molecule has 0 aliphatic carbocycles. The van der Waals surface area contributed by atoms with Crippen molar-refractivity contribution in [2.24, 2.45) is 0 Å². The highest BCUT2D eigenvalue weighted by Gasteiger charge is 2.14. The van der Waals surface area contributed by atoms with Crippen molar-refractivity contribution in [3.8, 4) is 5.75 Å². The Hall–Kier alpha value is -1.49. The van der Waals surface area contributed by atoms with Crippen molar-refractivity contribution in [3.63, 3.8) is 0 Å². The topological polar surface area (TPSA) is 50.9 Å². The molecule has 1 N–H and O–H groups in total. The van der Waals surface area contributed by atoms with Crippen molar-refractivity contribution in [2.75, 3.05) is 7.11 Å². The van der Waals surface area contributed by atoms with Crippen molar-refractivity contribution in [1.29, 1.82) is 0 Å². The molecule has 0 aliphatic heterocycles. The second-order valence-corrected chi connectivity index (χ2v) is 3.94. The van der Waals surface area contributed by atoms with Crippen molar-refractivity contribution in [3.05, 3.63) is 34.6 Å². The standard InChI is InChI=1S/C10H8BrNO3/c1-15-10(14)7-2-3-12-5-6(11)4-8(12)9(7)13/h2-5,13H,1H3. The number of carbonyl (C=O) groups excluding carboxylic acids is 1. The molecule has 5 heteroatoms. The highest BCUT2D eigenvalue weighted by atomic mass is 79.9. The number of hydrogen-bond donors (Lipinski definition) is 1. The van der Waals surface area contributed by atoms with Gasteiger partial charge in [0.15, 0.2) is 5.75 Å². The first-order valence-electron chi connectivity index (χ1n) is 4.21. The summed E-state index contributed by atoms with van der Waals surface area (Å²) >= 11 is 3.29. The molecule has 0 atom stereocenters. The van der Waals surface area contributed by atoms with Gasteiger partial charge in [0.25, 0.3) is 0 Å². The van der Waals surface area contributed by atoms with Crippen molar-refractivity contribution >= 4 is 27.4 Å². The van der Waals surface area contributed by atoms with Crippen LogP contribution >= 0.6 is 15.9 Å². The van der Waals surface area contributed by atoms with E-state index in [1.54, 1.807) is 22.9 Å². The van der Waals surface area contributed by atoms with Crippen LogP contribution in [-0.4, -0.2) is 22.6 Å². The first-order chi connectivity index (χ1) is 7.13. The van der Waals surface area contributed by atoms with Crippen LogP contribution in [-0.2, 0) is 4.74 Å². The van der Waals surface area contributed by atoms with Crippen molar-refractivity contribution in [1.82, 2.24) is 4.40 Å². The summed E-state index contributed by atoms with van der Waals surface area (Å²) in [5, 5.41) is 9.82. The smallest absolute Gasteiger partial charge is 0.341 e. The Morgan fingerprint density at radius 2 is 2.33 bits per heavy atom. The van der Waals surface area contributed by atoms with E-state index in [4.69, 9.17) is 0 Å². The van der Waals surface area contributed by atoms with Crippen LogP contribution in [0.3, 0.4) is 0 Å². The minimum Gasteiger partial charge on any atom is -0.505 e. The van der Waals surface area contributed by atoms with Crippen LogP contribution in [0.2, 0.25) is 0 Å². The first kappa shape index (κ1) is 10.0. The van der Waals surface area contributed by atoms with E-state index in [9.17, 15) is 9.90 Å². The van der Waals surface area contributed by atoms with Crippen LogP contribution in [0, 0.1) is 0 Å². The number of halogens is 1. The van der Waals surface area contributed by atoms with Gasteiger partial charge in [-0.25, -0.2) is 4.79 Å². The summed E-state index contributed by atoms with van der Waals surface area (Å²) in [4.78, 5) is 11.3.